The highest BCUT2D eigenvalue weighted by Gasteiger charge is 2.41. The average Bonchev–Trinajstić information content (AvgIpc) is 3.35. The van der Waals surface area contributed by atoms with Gasteiger partial charge in [0, 0.05) is 25.6 Å². The highest BCUT2D eigenvalue weighted by Crippen LogP contribution is 2.44. The number of aromatic hydroxyl groups is 1. The second-order valence-corrected chi connectivity index (χ2v) is 6.16. The monoisotopic (exact) mass is 326 g/mol. The minimum atomic E-state index is -0.0922. The van der Waals surface area contributed by atoms with E-state index in [0.717, 1.165) is 23.3 Å². The number of carbonyl (C=O) groups is 1. The molecule has 0 saturated heterocycles. The van der Waals surface area contributed by atoms with Crippen LogP contribution in [0.15, 0.2) is 48.5 Å². The Morgan fingerprint density at radius 2 is 1.96 bits per heavy atom. The Kier molecular flexibility index (Phi) is 4.60. The molecule has 0 bridgehead atoms. The summed E-state index contributed by atoms with van der Waals surface area (Å²) in [6, 6.07) is 14.9. The lowest BCUT2D eigenvalue weighted by Gasteiger charge is -2.18. The molecular weight excluding hydrogens is 304 g/mol. The Morgan fingerprint density at radius 3 is 2.67 bits per heavy atom. The number of phenols is 1. The van der Waals surface area contributed by atoms with Crippen LogP contribution in [0.5, 0.6) is 11.5 Å². The van der Waals surface area contributed by atoms with Gasteiger partial charge in [0.15, 0.2) is 0 Å². The maximum absolute atomic E-state index is 12.3. The van der Waals surface area contributed by atoms with Gasteiger partial charge < -0.3 is 20.1 Å². The molecule has 5 nitrogen and oxygen atoms in total. The van der Waals surface area contributed by atoms with E-state index < -0.39 is 0 Å². The number of amides is 2. The molecule has 2 N–H and O–H groups in total. The van der Waals surface area contributed by atoms with Crippen LogP contribution >= 0.6 is 0 Å². The van der Waals surface area contributed by atoms with E-state index in [4.69, 9.17) is 4.74 Å². The normalized spacial score (nSPS) is 18.8. The van der Waals surface area contributed by atoms with Crippen molar-refractivity contribution in [2.24, 2.45) is 0 Å². The standard InChI is InChI=1S/C19H22N2O3/c1-21(12-13-7-9-14(22)10-8-13)19(23)20-17-11-16(17)15-5-3-4-6-18(15)24-2/h3-10,16-17,22H,11-12H2,1-2H3,(H,20,23). The summed E-state index contributed by atoms with van der Waals surface area (Å²) in [7, 11) is 3.43. The summed E-state index contributed by atoms with van der Waals surface area (Å²) in [4.78, 5) is 14.0. The van der Waals surface area contributed by atoms with Crippen molar-refractivity contribution in [3.8, 4) is 11.5 Å². The van der Waals surface area contributed by atoms with Gasteiger partial charge >= 0.3 is 6.03 Å². The number of nitrogens with zero attached hydrogens (tertiary/aromatic N) is 1. The summed E-state index contributed by atoms with van der Waals surface area (Å²) in [5.74, 6) is 1.41. The summed E-state index contributed by atoms with van der Waals surface area (Å²) < 4.78 is 5.39. The van der Waals surface area contributed by atoms with Crippen LogP contribution in [0.1, 0.15) is 23.5 Å². The maximum atomic E-state index is 12.3. The van der Waals surface area contributed by atoms with Gasteiger partial charge in [0.2, 0.25) is 0 Å². The van der Waals surface area contributed by atoms with E-state index in [2.05, 4.69) is 11.4 Å². The summed E-state index contributed by atoms with van der Waals surface area (Å²) in [6.45, 7) is 0.498. The fraction of sp³-hybridized carbons (Fsp3) is 0.316. The first-order valence-electron chi connectivity index (χ1n) is 8.01. The summed E-state index contributed by atoms with van der Waals surface area (Å²) >= 11 is 0. The third kappa shape index (κ3) is 3.62. The van der Waals surface area contributed by atoms with Crippen molar-refractivity contribution >= 4 is 6.03 Å². The molecule has 2 atom stereocenters. The predicted molar refractivity (Wildman–Crippen MR) is 92.2 cm³/mol. The number of phenolic OH excluding ortho intramolecular Hbond substituents is 1. The van der Waals surface area contributed by atoms with Crippen molar-refractivity contribution in [2.75, 3.05) is 14.2 Å². The van der Waals surface area contributed by atoms with E-state index in [1.54, 1.807) is 31.2 Å². The Hall–Kier alpha value is -2.69. The number of carbonyl (C=O) groups excluding carboxylic acids is 1. The molecule has 2 aromatic carbocycles. The molecule has 126 valence electrons. The first-order chi connectivity index (χ1) is 11.6. The van der Waals surface area contributed by atoms with Crippen LogP contribution in [-0.4, -0.2) is 36.2 Å². The van der Waals surface area contributed by atoms with E-state index in [9.17, 15) is 9.90 Å². The first-order valence-corrected chi connectivity index (χ1v) is 8.01. The number of nitrogens with one attached hydrogen (secondary N) is 1. The molecule has 3 rings (SSSR count). The van der Waals surface area contributed by atoms with Gasteiger partial charge in [-0.3, -0.25) is 0 Å². The molecule has 24 heavy (non-hydrogen) atoms. The number of hydrogen-bond donors (Lipinski definition) is 2. The molecule has 2 aromatic rings. The summed E-state index contributed by atoms with van der Waals surface area (Å²) in [5, 5.41) is 12.4. The molecule has 1 saturated carbocycles. The molecule has 5 heteroatoms. The summed E-state index contributed by atoms with van der Waals surface area (Å²) in [5.41, 5.74) is 2.12. The zero-order valence-corrected chi connectivity index (χ0v) is 13.9. The second-order valence-electron chi connectivity index (χ2n) is 6.16. The van der Waals surface area contributed by atoms with E-state index in [-0.39, 0.29) is 17.8 Å². The number of urea groups is 1. The fourth-order valence-electron chi connectivity index (χ4n) is 2.89. The van der Waals surface area contributed by atoms with Crippen LogP contribution in [0.3, 0.4) is 0 Å². The number of hydrogen-bond acceptors (Lipinski definition) is 3. The number of rotatable bonds is 5. The van der Waals surface area contributed by atoms with Crippen LogP contribution < -0.4 is 10.1 Å². The smallest absolute Gasteiger partial charge is 0.317 e. The molecule has 1 fully saturated rings. The Labute approximate surface area is 141 Å². The van der Waals surface area contributed by atoms with Crippen LogP contribution in [0.2, 0.25) is 0 Å². The van der Waals surface area contributed by atoms with E-state index in [0.29, 0.717) is 12.5 Å². The maximum Gasteiger partial charge on any atom is 0.317 e. The highest BCUT2D eigenvalue weighted by atomic mass is 16.5. The molecule has 0 heterocycles. The Balaban J connectivity index is 1.55. The van der Waals surface area contributed by atoms with Gasteiger partial charge in [-0.05, 0) is 35.7 Å². The molecular formula is C19H22N2O3. The molecule has 2 amide bonds. The largest absolute Gasteiger partial charge is 0.508 e. The Morgan fingerprint density at radius 1 is 1.25 bits per heavy atom. The zero-order chi connectivity index (χ0) is 17.1. The number of methoxy groups -OCH3 is 1. The predicted octanol–water partition coefficient (Wildman–Crippen LogP) is 3.10. The van der Waals surface area contributed by atoms with Crippen LogP contribution in [0.25, 0.3) is 0 Å². The first kappa shape index (κ1) is 16.2. The molecule has 0 radical (unpaired) electrons. The topological polar surface area (TPSA) is 61.8 Å². The minimum absolute atomic E-state index is 0.0922. The number of ether oxygens (including phenoxy) is 1. The quantitative estimate of drug-likeness (QED) is 0.887. The van der Waals surface area contributed by atoms with Gasteiger partial charge in [-0.1, -0.05) is 30.3 Å². The lowest BCUT2D eigenvalue weighted by molar-refractivity contribution is 0.206. The summed E-state index contributed by atoms with van der Waals surface area (Å²) in [6.07, 6.45) is 0.930. The highest BCUT2D eigenvalue weighted by molar-refractivity contribution is 5.75. The van der Waals surface area contributed by atoms with Crippen molar-refractivity contribution < 1.29 is 14.6 Å². The number of benzene rings is 2. The molecule has 0 aromatic heterocycles. The van der Waals surface area contributed by atoms with Gasteiger partial charge in [-0.15, -0.1) is 0 Å². The van der Waals surface area contributed by atoms with Gasteiger partial charge in [-0.2, -0.15) is 0 Å². The Bertz CT molecular complexity index is 715. The van der Waals surface area contributed by atoms with Crippen LogP contribution in [0, 0.1) is 0 Å². The molecule has 1 aliphatic carbocycles. The van der Waals surface area contributed by atoms with E-state index in [1.807, 2.05) is 30.3 Å². The lowest BCUT2D eigenvalue weighted by atomic mass is 10.1. The molecule has 0 aliphatic heterocycles. The number of para-hydroxylation sites is 1. The lowest BCUT2D eigenvalue weighted by Crippen LogP contribution is -2.38. The third-order valence-corrected chi connectivity index (χ3v) is 4.34. The van der Waals surface area contributed by atoms with E-state index in [1.165, 1.54) is 0 Å². The zero-order valence-electron chi connectivity index (χ0n) is 13.9. The molecule has 2 unspecified atom stereocenters. The van der Waals surface area contributed by atoms with Gasteiger partial charge in [-0.25, -0.2) is 4.79 Å². The third-order valence-electron chi connectivity index (χ3n) is 4.34. The van der Waals surface area contributed by atoms with Gasteiger partial charge in [0.1, 0.15) is 11.5 Å². The van der Waals surface area contributed by atoms with Crippen molar-refractivity contribution in [3.63, 3.8) is 0 Å². The van der Waals surface area contributed by atoms with Gasteiger partial charge in [0.05, 0.1) is 7.11 Å². The van der Waals surface area contributed by atoms with Crippen molar-refractivity contribution in [3.05, 3.63) is 59.7 Å². The van der Waals surface area contributed by atoms with Crippen LogP contribution in [-0.2, 0) is 6.54 Å². The average molecular weight is 326 g/mol. The van der Waals surface area contributed by atoms with Crippen molar-refractivity contribution in [1.82, 2.24) is 10.2 Å². The van der Waals surface area contributed by atoms with Crippen LogP contribution in [0.4, 0.5) is 4.79 Å². The SMILES string of the molecule is COc1ccccc1C1CC1NC(=O)N(C)Cc1ccc(O)cc1. The fourth-order valence-corrected chi connectivity index (χ4v) is 2.89. The minimum Gasteiger partial charge on any atom is -0.508 e. The van der Waals surface area contributed by atoms with Crippen molar-refractivity contribution in [2.45, 2.75) is 24.9 Å². The van der Waals surface area contributed by atoms with E-state index >= 15 is 0 Å². The van der Waals surface area contributed by atoms with Crippen molar-refractivity contribution in [1.29, 1.82) is 0 Å². The van der Waals surface area contributed by atoms with Gasteiger partial charge in [0.25, 0.3) is 0 Å². The molecule has 1 aliphatic rings. The molecule has 0 spiro atoms. The second kappa shape index (κ2) is 6.83.